The summed E-state index contributed by atoms with van der Waals surface area (Å²) < 4.78 is 75.2. The predicted octanol–water partition coefficient (Wildman–Crippen LogP) is 4.39. The molecule has 3 aromatic carbocycles. The number of alkyl halides is 3. The number of nitrogens with zero attached hydrogens (tertiary/aromatic N) is 1. The Morgan fingerprint density at radius 2 is 1.47 bits per heavy atom. The van der Waals surface area contributed by atoms with Crippen LogP contribution in [0.1, 0.15) is 29.2 Å². The van der Waals surface area contributed by atoms with E-state index >= 15 is 0 Å². The maximum Gasteiger partial charge on any atom is 0.534 e. The Morgan fingerprint density at radius 3 is 1.98 bits per heavy atom. The van der Waals surface area contributed by atoms with Crippen LogP contribution >= 0.6 is 11.8 Å². The average molecular weight is 633 g/mol. The number of fused-ring (bicyclic) bond motifs is 1. The highest BCUT2D eigenvalue weighted by Crippen LogP contribution is 2.45. The molecule has 1 unspecified atom stereocenters. The first-order chi connectivity index (χ1) is 20.4. The number of rotatable bonds is 9. The summed E-state index contributed by atoms with van der Waals surface area (Å²) in [4.78, 5) is 40.2. The molecule has 0 saturated carbocycles. The van der Waals surface area contributed by atoms with Crippen LogP contribution in [0.15, 0.2) is 102 Å². The normalized spacial score (nSPS) is 18.5. The summed E-state index contributed by atoms with van der Waals surface area (Å²) in [6, 6.07) is 25.2. The van der Waals surface area contributed by atoms with Gasteiger partial charge in [0.05, 0.1) is 18.2 Å². The van der Waals surface area contributed by atoms with Gasteiger partial charge in [0.15, 0.2) is 17.6 Å². The molecule has 2 heterocycles. The summed E-state index contributed by atoms with van der Waals surface area (Å²) in [5.41, 5.74) is -5.14. The van der Waals surface area contributed by atoms with Gasteiger partial charge in [0.2, 0.25) is 11.8 Å². The van der Waals surface area contributed by atoms with Crippen LogP contribution in [0.4, 0.5) is 13.2 Å². The van der Waals surface area contributed by atoms with Gasteiger partial charge in [0, 0.05) is 0 Å². The van der Waals surface area contributed by atoms with Crippen molar-refractivity contribution in [2.75, 3.05) is 0 Å². The third kappa shape index (κ3) is 6.54. The highest BCUT2D eigenvalue weighted by Gasteiger charge is 2.55. The number of benzene rings is 3. The summed E-state index contributed by atoms with van der Waals surface area (Å²) in [5.74, 6) is -3.75. The monoisotopic (exact) mass is 632 g/mol. The molecule has 2 atom stereocenters. The molecule has 9 nitrogen and oxygen atoms in total. The maximum atomic E-state index is 13.8. The van der Waals surface area contributed by atoms with Gasteiger partial charge in [-0.1, -0.05) is 91.0 Å². The van der Waals surface area contributed by atoms with Crippen LogP contribution in [0.25, 0.3) is 0 Å². The van der Waals surface area contributed by atoms with Crippen molar-refractivity contribution in [2.45, 2.75) is 35.2 Å². The van der Waals surface area contributed by atoms with Crippen molar-refractivity contribution in [3.63, 3.8) is 0 Å². The number of esters is 1. The molecule has 43 heavy (non-hydrogen) atoms. The van der Waals surface area contributed by atoms with Gasteiger partial charge in [-0.15, -0.1) is 11.8 Å². The Hall–Kier alpha value is -4.30. The molecule has 0 aromatic heterocycles. The second-order valence-corrected chi connectivity index (χ2v) is 12.3. The summed E-state index contributed by atoms with van der Waals surface area (Å²) in [6.07, 6.45) is -1.40. The minimum absolute atomic E-state index is 0.118. The fourth-order valence-electron chi connectivity index (χ4n) is 4.50. The van der Waals surface area contributed by atoms with Crippen LogP contribution in [0.2, 0.25) is 0 Å². The summed E-state index contributed by atoms with van der Waals surface area (Å²) in [6.45, 7) is 0. The third-order valence-electron chi connectivity index (χ3n) is 6.52. The number of hydrogen-bond donors (Lipinski definition) is 1. The van der Waals surface area contributed by atoms with Crippen molar-refractivity contribution < 1.29 is 44.9 Å². The number of ether oxygens (including phenoxy) is 1. The molecule has 0 radical (unpaired) electrons. The Balaban J connectivity index is 1.56. The van der Waals surface area contributed by atoms with E-state index in [-0.39, 0.29) is 12.8 Å². The maximum absolute atomic E-state index is 13.8. The third-order valence-corrected chi connectivity index (χ3v) is 8.78. The number of amides is 2. The zero-order valence-electron chi connectivity index (χ0n) is 22.1. The number of halogens is 3. The number of thioether (sulfide) groups is 1. The van der Waals surface area contributed by atoms with Crippen LogP contribution in [0, 0.1) is 0 Å². The van der Waals surface area contributed by atoms with Crippen molar-refractivity contribution in [3.8, 4) is 0 Å². The highest BCUT2D eigenvalue weighted by molar-refractivity contribution is 8.00. The van der Waals surface area contributed by atoms with E-state index in [0.717, 1.165) is 16.7 Å². The van der Waals surface area contributed by atoms with Crippen LogP contribution in [0.3, 0.4) is 0 Å². The minimum Gasteiger partial charge on any atom is -0.448 e. The fourth-order valence-corrected chi connectivity index (χ4v) is 6.45. The zero-order chi connectivity index (χ0) is 30.8. The predicted molar refractivity (Wildman–Crippen MR) is 149 cm³/mol. The molecule has 3 aromatic rings. The second kappa shape index (κ2) is 12.1. The van der Waals surface area contributed by atoms with Gasteiger partial charge < -0.3 is 14.2 Å². The van der Waals surface area contributed by atoms with Gasteiger partial charge in [0.25, 0.3) is 0 Å². The smallest absolute Gasteiger partial charge is 0.448 e. The first kappa shape index (κ1) is 30.2. The lowest BCUT2D eigenvalue weighted by molar-refractivity contribution is -0.152. The summed E-state index contributed by atoms with van der Waals surface area (Å²) >= 11 is 0.767. The van der Waals surface area contributed by atoms with Crippen LogP contribution < -0.4 is 5.32 Å². The molecule has 2 amide bonds. The Bertz CT molecular complexity index is 1610. The zero-order valence-corrected chi connectivity index (χ0v) is 23.7. The van der Waals surface area contributed by atoms with E-state index in [1.54, 1.807) is 91.0 Å². The van der Waals surface area contributed by atoms with Crippen LogP contribution in [-0.4, -0.2) is 47.4 Å². The molecule has 14 heteroatoms. The van der Waals surface area contributed by atoms with Gasteiger partial charge in [0.1, 0.15) is 5.37 Å². The van der Waals surface area contributed by atoms with E-state index in [1.807, 2.05) is 0 Å². The fraction of sp³-hybridized carbons (Fsp3) is 0.207. The quantitative estimate of drug-likeness (QED) is 0.160. The lowest BCUT2D eigenvalue weighted by Crippen LogP contribution is -2.58. The molecule has 2 aliphatic rings. The van der Waals surface area contributed by atoms with E-state index in [2.05, 4.69) is 9.50 Å². The van der Waals surface area contributed by atoms with Crippen molar-refractivity contribution in [1.29, 1.82) is 0 Å². The standard InChI is InChI=1S/C29H23F3N2O7S2/c30-29(31,32)43(38,39)41-26-24(28(37)40-25(19-12-6-2-7-13-19)20-14-8-3-9-15-20)34-22(36)17-23(34)42-27(26)33-21(35)16-18-10-4-1-5-11-18/h1-15,23,25,27H,16-17H2,(H,33,35)/t23-,27?/m1/s1. The van der Waals surface area contributed by atoms with Gasteiger partial charge in [-0.05, 0) is 16.7 Å². The number of carbonyl (C=O) groups excluding carboxylic acids is 3. The van der Waals surface area contributed by atoms with Gasteiger partial charge in [-0.25, -0.2) is 4.79 Å². The molecule has 1 N–H and O–H groups in total. The van der Waals surface area contributed by atoms with E-state index in [0.29, 0.717) is 16.7 Å². The highest BCUT2D eigenvalue weighted by atomic mass is 32.2. The van der Waals surface area contributed by atoms with Crippen LogP contribution in [0.5, 0.6) is 0 Å². The molecular weight excluding hydrogens is 609 g/mol. The number of nitrogens with one attached hydrogen (secondary N) is 1. The average Bonchev–Trinajstić information content (AvgIpc) is 2.97. The lowest BCUT2D eigenvalue weighted by Gasteiger charge is -2.46. The Morgan fingerprint density at radius 1 is 0.930 bits per heavy atom. The lowest BCUT2D eigenvalue weighted by atomic mass is 10.0. The molecule has 224 valence electrons. The molecular formula is C29H23F3N2O7S2. The van der Waals surface area contributed by atoms with E-state index in [1.165, 1.54) is 0 Å². The first-order valence-electron chi connectivity index (χ1n) is 12.8. The van der Waals surface area contributed by atoms with Crippen molar-refractivity contribution in [2.24, 2.45) is 0 Å². The Labute approximate surface area is 248 Å². The summed E-state index contributed by atoms with van der Waals surface area (Å²) in [7, 11) is -6.33. The molecule has 1 saturated heterocycles. The molecule has 0 spiro atoms. The largest absolute Gasteiger partial charge is 0.534 e. The van der Waals surface area contributed by atoms with E-state index < -0.39 is 61.7 Å². The molecule has 0 aliphatic carbocycles. The van der Waals surface area contributed by atoms with E-state index in [4.69, 9.17) is 4.74 Å². The molecule has 0 bridgehead atoms. The van der Waals surface area contributed by atoms with Crippen LogP contribution in [-0.2, 0) is 39.8 Å². The van der Waals surface area contributed by atoms with Crippen molar-refractivity contribution in [1.82, 2.24) is 10.2 Å². The number of carbonyl (C=O) groups is 3. The minimum atomic E-state index is -6.33. The molecule has 2 aliphatic heterocycles. The SMILES string of the molecule is O=C(Cc1ccccc1)NC1S[C@@H]2CC(=O)N2C(C(=O)OC(c2ccccc2)c2ccccc2)=C1OS(=O)(=O)C(F)(F)F. The molecule has 1 fully saturated rings. The van der Waals surface area contributed by atoms with E-state index in [9.17, 15) is 36.0 Å². The van der Waals surface area contributed by atoms with Gasteiger partial charge in [-0.3, -0.25) is 14.5 Å². The Kier molecular flexibility index (Phi) is 8.51. The van der Waals surface area contributed by atoms with Crippen molar-refractivity contribution in [3.05, 3.63) is 119 Å². The summed E-state index contributed by atoms with van der Waals surface area (Å²) in [5, 5.41) is 0.0832. The molecule has 5 rings (SSSR count). The van der Waals surface area contributed by atoms with Gasteiger partial charge >= 0.3 is 21.6 Å². The number of β-lactam (4-membered cyclic amide) rings is 1. The van der Waals surface area contributed by atoms with Gasteiger partial charge in [-0.2, -0.15) is 21.6 Å². The van der Waals surface area contributed by atoms with Crippen molar-refractivity contribution >= 4 is 39.7 Å². The topological polar surface area (TPSA) is 119 Å². The first-order valence-corrected chi connectivity index (χ1v) is 15.2. The second-order valence-electron chi connectivity index (χ2n) is 9.47. The number of hydrogen-bond acceptors (Lipinski definition) is 8.